The summed E-state index contributed by atoms with van der Waals surface area (Å²) in [5, 5.41) is 8.87. The van der Waals surface area contributed by atoms with Crippen LogP contribution in [0.3, 0.4) is 0 Å². The van der Waals surface area contributed by atoms with Crippen molar-refractivity contribution in [3.8, 4) is 0 Å². The van der Waals surface area contributed by atoms with Gasteiger partial charge in [-0.15, -0.1) is 0 Å². The molecule has 1 aliphatic heterocycles. The molecule has 2 rings (SSSR count). The largest absolute Gasteiger partial charge is 0.481 e. The zero-order valence-electron chi connectivity index (χ0n) is 12.3. The molecule has 0 bridgehead atoms. The third-order valence-electron chi connectivity index (χ3n) is 3.85. The van der Waals surface area contributed by atoms with Crippen LogP contribution in [0.15, 0.2) is 10.9 Å². The Morgan fingerprint density at radius 2 is 2.14 bits per heavy atom. The molecule has 0 radical (unpaired) electrons. The van der Waals surface area contributed by atoms with Crippen LogP contribution in [0.4, 0.5) is 0 Å². The fraction of sp³-hybridized carbons (Fsp3) is 0.533. The van der Waals surface area contributed by atoms with Crippen LogP contribution in [-0.4, -0.2) is 40.0 Å². The second kappa shape index (κ2) is 6.11. The van der Waals surface area contributed by atoms with Crippen molar-refractivity contribution in [2.24, 2.45) is 5.92 Å². The van der Waals surface area contributed by atoms with Gasteiger partial charge in [0.25, 0.3) is 11.5 Å². The van der Waals surface area contributed by atoms with Crippen LogP contribution in [0.1, 0.15) is 40.9 Å². The Balaban J connectivity index is 2.20. The first-order valence-corrected chi connectivity index (χ1v) is 7.10. The molecule has 1 atom stereocenters. The molecule has 114 valence electrons. The lowest BCUT2D eigenvalue weighted by Crippen LogP contribution is -2.42. The van der Waals surface area contributed by atoms with E-state index in [1.165, 1.54) is 0 Å². The quantitative estimate of drug-likeness (QED) is 0.879. The van der Waals surface area contributed by atoms with Crippen molar-refractivity contribution < 1.29 is 14.7 Å². The van der Waals surface area contributed by atoms with Gasteiger partial charge in [0, 0.05) is 25.2 Å². The highest BCUT2D eigenvalue weighted by Gasteiger charge is 2.28. The van der Waals surface area contributed by atoms with E-state index in [0.29, 0.717) is 18.7 Å². The highest BCUT2D eigenvalue weighted by molar-refractivity contribution is 5.95. The molecule has 1 saturated heterocycles. The second-order valence-electron chi connectivity index (χ2n) is 5.70. The Morgan fingerprint density at radius 3 is 2.76 bits per heavy atom. The number of carbonyl (C=O) groups is 2. The standard InChI is InChI=1S/C15H20N2O4/c1-9-6-10(2)16-14(20)13(9)15(21)17-5-3-4-11(8-17)7-12(18)19/h6,11H,3-5,7-8H2,1-2H3,(H,16,20)(H,18,19). The number of aromatic amines is 1. The zero-order chi connectivity index (χ0) is 15.6. The number of nitrogens with zero attached hydrogens (tertiary/aromatic N) is 1. The predicted molar refractivity (Wildman–Crippen MR) is 77.4 cm³/mol. The summed E-state index contributed by atoms with van der Waals surface area (Å²) in [6, 6.07) is 1.77. The van der Waals surface area contributed by atoms with Gasteiger partial charge in [0.05, 0.1) is 0 Å². The average molecular weight is 292 g/mol. The Kier molecular flexibility index (Phi) is 4.45. The average Bonchev–Trinajstić information content (AvgIpc) is 2.36. The molecule has 1 aromatic heterocycles. The van der Waals surface area contributed by atoms with E-state index >= 15 is 0 Å². The van der Waals surface area contributed by atoms with Gasteiger partial charge in [-0.2, -0.15) is 0 Å². The fourth-order valence-corrected chi connectivity index (χ4v) is 2.94. The van der Waals surface area contributed by atoms with Crippen molar-refractivity contribution in [2.75, 3.05) is 13.1 Å². The molecule has 1 aromatic rings. The fourth-order valence-electron chi connectivity index (χ4n) is 2.94. The summed E-state index contributed by atoms with van der Waals surface area (Å²) >= 11 is 0. The number of nitrogens with one attached hydrogen (secondary N) is 1. The number of aryl methyl sites for hydroxylation is 2. The van der Waals surface area contributed by atoms with Crippen LogP contribution in [0.25, 0.3) is 0 Å². The first-order chi connectivity index (χ1) is 9.88. The van der Waals surface area contributed by atoms with Crippen molar-refractivity contribution >= 4 is 11.9 Å². The van der Waals surface area contributed by atoms with Crippen LogP contribution in [-0.2, 0) is 4.79 Å². The highest BCUT2D eigenvalue weighted by Crippen LogP contribution is 2.21. The van der Waals surface area contributed by atoms with Crippen LogP contribution < -0.4 is 5.56 Å². The highest BCUT2D eigenvalue weighted by atomic mass is 16.4. The van der Waals surface area contributed by atoms with Crippen molar-refractivity contribution in [3.05, 3.63) is 33.2 Å². The predicted octanol–water partition coefficient (Wildman–Crippen LogP) is 1.32. The molecule has 1 fully saturated rings. The number of aliphatic carboxylic acids is 1. The third kappa shape index (κ3) is 3.51. The molecule has 0 aliphatic carbocycles. The summed E-state index contributed by atoms with van der Waals surface area (Å²) in [7, 11) is 0. The Hall–Kier alpha value is -2.11. The van der Waals surface area contributed by atoms with Gasteiger partial charge in [0.2, 0.25) is 0 Å². The number of aromatic nitrogens is 1. The molecule has 0 aromatic carbocycles. The summed E-state index contributed by atoms with van der Waals surface area (Å²) in [5.41, 5.74) is 1.16. The maximum absolute atomic E-state index is 12.5. The molecule has 2 N–H and O–H groups in total. The Labute approximate surface area is 122 Å². The maximum atomic E-state index is 12.5. The monoisotopic (exact) mass is 292 g/mol. The van der Waals surface area contributed by atoms with Crippen LogP contribution in [0.5, 0.6) is 0 Å². The van der Waals surface area contributed by atoms with Crippen LogP contribution >= 0.6 is 0 Å². The summed E-state index contributed by atoms with van der Waals surface area (Å²) < 4.78 is 0. The van der Waals surface area contributed by atoms with E-state index in [4.69, 9.17) is 5.11 Å². The number of likely N-dealkylation sites (tertiary alicyclic amines) is 1. The van der Waals surface area contributed by atoms with E-state index in [-0.39, 0.29) is 29.4 Å². The van der Waals surface area contributed by atoms with E-state index < -0.39 is 5.97 Å². The Morgan fingerprint density at radius 1 is 1.43 bits per heavy atom. The summed E-state index contributed by atoms with van der Waals surface area (Å²) in [6.07, 6.45) is 1.64. The minimum absolute atomic E-state index is 0.0370. The van der Waals surface area contributed by atoms with Crippen molar-refractivity contribution in [2.45, 2.75) is 33.1 Å². The van der Waals surface area contributed by atoms with Gasteiger partial charge in [-0.25, -0.2) is 0 Å². The lowest BCUT2D eigenvalue weighted by Gasteiger charge is -2.32. The smallest absolute Gasteiger partial charge is 0.303 e. The molecule has 6 nitrogen and oxygen atoms in total. The number of amides is 1. The molecule has 0 saturated carbocycles. The number of pyridine rings is 1. The molecule has 1 amide bonds. The topological polar surface area (TPSA) is 90.5 Å². The van der Waals surface area contributed by atoms with Gasteiger partial charge in [-0.1, -0.05) is 0 Å². The third-order valence-corrected chi connectivity index (χ3v) is 3.85. The Bertz CT molecular complexity index is 621. The number of rotatable bonds is 3. The number of hydrogen-bond donors (Lipinski definition) is 2. The van der Waals surface area contributed by atoms with Crippen LogP contribution in [0.2, 0.25) is 0 Å². The molecule has 1 aliphatic rings. The summed E-state index contributed by atoms with van der Waals surface area (Å²) in [5.74, 6) is -1.19. The van der Waals surface area contributed by atoms with Gasteiger partial charge < -0.3 is 15.0 Å². The summed E-state index contributed by atoms with van der Waals surface area (Å²) in [4.78, 5) is 39.6. The number of H-pyrrole nitrogens is 1. The van der Waals surface area contributed by atoms with E-state index in [2.05, 4.69) is 4.98 Å². The minimum atomic E-state index is -0.848. The van der Waals surface area contributed by atoms with Crippen LogP contribution in [0, 0.1) is 19.8 Å². The number of carboxylic acid groups (broad SMARTS) is 1. The maximum Gasteiger partial charge on any atom is 0.303 e. The first-order valence-electron chi connectivity index (χ1n) is 7.10. The van der Waals surface area contributed by atoms with E-state index in [1.807, 2.05) is 0 Å². The molecule has 1 unspecified atom stereocenters. The number of piperidine rings is 1. The normalized spacial score (nSPS) is 18.6. The molecule has 21 heavy (non-hydrogen) atoms. The van der Waals surface area contributed by atoms with Gasteiger partial charge in [-0.05, 0) is 44.2 Å². The van der Waals surface area contributed by atoms with E-state index in [1.54, 1.807) is 24.8 Å². The molecular weight excluding hydrogens is 272 g/mol. The number of carbonyl (C=O) groups excluding carboxylic acids is 1. The molecule has 6 heteroatoms. The molecular formula is C15H20N2O4. The lowest BCUT2D eigenvalue weighted by atomic mass is 9.94. The first kappa shape index (κ1) is 15.3. The van der Waals surface area contributed by atoms with E-state index in [9.17, 15) is 14.4 Å². The SMILES string of the molecule is Cc1cc(C)c(C(=O)N2CCCC(CC(=O)O)C2)c(=O)[nH]1. The second-order valence-corrected chi connectivity index (χ2v) is 5.70. The molecule has 2 heterocycles. The van der Waals surface area contributed by atoms with Gasteiger partial charge in [0.15, 0.2) is 0 Å². The van der Waals surface area contributed by atoms with Gasteiger partial charge in [-0.3, -0.25) is 14.4 Å². The van der Waals surface area contributed by atoms with E-state index in [0.717, 1.165) is 18.5 Å². The number of carboxylic acids is 1. The minimum Gasteiger partial charge on any atom is -0.481 e. The zero-order valence-corrected chi connectivity index (χ0v) is 12.3. The van der Waals surface area contributed by atoms with Crippen molar-refractivity contribution in [1.82, 2.24) is 9.88 Å². The van der Waals surface area contributed by atoms with Gasteiger partial charge in [0.1, 0.15) is 5.56 Å². The lowest BCUT2D eigenvalue weighted by molar-refractivity contribution is -0.138. The summed E-state index contributed by atoms with van der Waals surface area (Å²) in [6.45, 7) is 4.49. The number of hydrogen-bond acceptors (Lipinski definition) is 3. The van der Waals surface area contributed by atoms with Crippen molar-refractivity contribution in [1.29, 1.82) is 0 Å². The molecule has 0 spiro atoms. The van der Waals surface area contributed by atoms with Crippen molar-refractivity contribution in [3.63, 3.8) is 0 Å². The van der Waals surface area contributed by atoms with Gasteiger partial charge >= 0.3 is 5.97 Å².